The first kappa shape index (κ1) is 24.7. The van der Waals surface area contributed by atoms with Gasteiger partial charge in [-0.15, -0.1) is 13.2 Å². The zero-order chi connectivity index (χ0) is 26.3. The second-order valence-corrected chi connectivity index (χ2v) is 8.39. The quantitative estimate of drug-likeness (QED) is 0.549. The zero-order valence-corrected chi connectivity index (χ0v) is 18.7. The number of hydrogen-bond donors (Lipinski definition) is 3. The molecule has 6 amide bonds. The number of carbonyl (C=O) groups excluding carboxylic acids is 5. The summed E-state index contributed by atoms with van der Waals surface area (Å²) in [5.41, 5.74) is -0.358. The van der Waals surface area contributed by atoms with Crippen molar-refractivity contribution >= 4 is 35.3 Å². The molecule has 3 N–H and O–H groups in total. The Kier molecular flexibility index (Phi) is 6.16. The number of halogens is 3. The molecule has 0 saturated carbocycles. The number of nitrogens with one attached hydrogen (secondary N) is 3. The standard InChI is InChI=1S/C23H19F3N4O6/c1-22(9-8-17(31)28-20(22)34)30-11-13-3-2-12(10-16(13)19(30)33)18(32)29-21(35)27-14-4-6-15(7-5-14)36-23(24,25)26/h2-7,10H,8-9,11H2,1H3,(H,28,31,34)(H2,27,29,32,35)/t22-/m0/s1. The number of carbonyl (C=O) groups is 5. The van der Waals surface area contributed by atoms with Crippen molar-refractivity contribution < 1.29 is 41.9 Å². The third kappa shape index (κ3) is 4.99. The topological polar surface area (TPSA) is 134 Å². The van der Waals surface area contributed by atoms with E-state index in [0.29, 0.717) is 5.56 Å². The fourth-order valence-corrected chi connectivity index (χ4v) is 3.97. The van der Waals surface area contributed by atoms with Gasteiger partial charge >= 0.3 is 12.4 Å². The average molecular weight is 504 g/mol. The van der Waals surface area contributed by atoms with Gasteiger partial charge in [-0.3, -0.25) is 29.8 Å². The molecule has 2 heterocycles. The van der Waals surface area contributed by atoms with Crippen LogP contribution in [0.4, 0.5) is 23.7 Å². The van der Waals surface area contributed by atoms with Crippen LogP contribution < -0.4 is 20.7 Å². The first-order valence-electron chi connectivity index (χ1n) is 10.6. The summed E-state index contributed by atoms with van der Waals surface area (Å²) >= 11 is 0. The lowest BCUT2D eigenvalue weighted by molar-refractivity contribution is -0.274. The molecule has 0 unspecified atom stereocenters. The number of fused-ring (bicyclic) bond motifs is 1. The number of nitrogens with zero attached hydrogens (tertiary/aromatic N) is 1. The van der Waals surface area contributed by atoms with Crippen molar-refractivity contribution in [2.24, 2.45) is 0 Å². The normalized spacial score (nSPS) is 19.4. The summed E-state index contributed by atoms with van der Waals surface area (Å²) in [6.45, 7) is 1.68. The highest BCUT2D eigenvalue weighted by Gasteiger charge is 2.48. The lowest BCUT2D eigenvalue weighted by Gasteiger charge is -2.39. The van der Waals surface area contributed by atoms with Crippen molar-refractivity contribution in [2.45, 2.75) is 38.2 Å². The summed E-state index contributed by atoms with van der Waals surface area (Å²) in [6, 6.07) is 7.60. The van der Waals surface area contributed by atoms with Crippen molar-refractivity contribution in [1.82, 2.24) is 15.5 Å². The summed E-state index contributed by atoms with van der Waals surface area (Å²) in [7, 11) is 0. The monoisotopic (exact) mass is 504 g/mol. The van der Waals surface area contributed by atoms with E-state index in [4.69, 9.17) is 0 Å². The van der Waals surface area contributed by atoms with Crippen LogP contribution in [0.25, 0.3) is 0 Å². The van der Waals surface area contributed by atoms with Gasteiger partial charge in [-0.1, -0.05) is 6.07 Å². The third-order valence-electron chi connectivity index (χ3n) is 5.93. The number of ether oxygens (including phenoxy) is 1. The Balaban J connectivity index is 1.41. The smallest absolute Gasteiger partial charge is 0.406 e. The minimum Gasteiger partial charge on any atom is -0.406 e. The SMILES string of the molecule is C[C@]1(N2Cc3ccc(C(=O)NC(=O)Nc4ccc(OC(F)(F)F)cc4)cc3C2=O)CCC(=O)NC1=O. The molecule has 1 atom stereocenters. The Morgan fingerprint density at radius 1 is 1.08 bits per heavy atom. The van der Waals surface area contributed by atoms with E-state index in [-0.39, 0.29) is 36.2 Å². The fourth-order valence-electron chi connectivity index (χ4n) is 3.97. The molecule has 13 heteroatoms. The van der Waals surface area contributed by atoms with Gasteiger partial charge in [0, 0.05) is 29.8 Å². The van der Waals surface area contributed by atoms with E-state index in [1.54, 1.807) is 6.92 Å². The Bertz CT molecular complexity index is 1280. The zero-order valence-electron chi connectivity index (χ0n) is 18.7. The predicted molar refractivity (Wildman–Crippen MR) is 117 cm³/mol. The van der Waals surface area contributed by atoms with Gasteiger partial charge in [-0.2, -0.15) is 0 Å². The highest BCUT2D eigenvalue weighted by atomic mass is 19.4. The van der Waals surface area contributed by atoms with Crippen LogP contribution >= 0.6 is 0 Å². The van der Waals surface area contributed by atoms with E-state index in [9.17, 15) is 37.1 Å². The van der Waals surface area contributed by atoms with Crippen LogP contribution in [0.15, 0.2) is 42.5 Å². The van der Waals surface area contributed by atoms with Crippen LogP contribution in [-0.2, 0) is 16.1 Å². The average Bonchev–Trinajstić information content (AvgIpc) is 3.13. The third-order valence-corrected chi connectivity index (χ3v) is 5.93. The molecule has 1 fully saturated rings. The molecule has 188 valence electrons. The molecule has 2 aromatic carbocycles. The molecule has 0 spiro atoms. The van der Waals surface area contributed by atoms with Crippen LogP contribution in [0.2, 0.25) is 0 Å². The van der Waals surface area contributed by atoms with Crippen molar-refractivity contribution in [1.29, 1.82) is 0 Å². The van der Waals surface area contributed by atoms with Gasteiger partial charge in [-0.25, -0.2) is 4.79 Å². The lowest BCUT2D eigenvalue weighted by atomic mass is 9.89. The Morgan fingerprint density at radius 2 is 1.78 bits per heavy atom. The molecule has 4 rings (SSSR count). The summed E-state index contributed by atoms with van der Waals surface area (Å²) < 4.78 is 40.5. The molecule has 0 radical (unpaired) electrons. The molecule has 1 saturated heterocycles. The minimum atomic E-state index is -4.85. The second-order valence-electron chi connectivity index (χ2n) is 8.39. The van der Waals surface area contributed by atoms with Crippen LogP contribution in [0.3, 0.4) is 0 Å². The fraction of sp³-hybridized carbons (Fsp3) is 0.261. The second kappa shape index (κ2) is 8.98. The molecular weight excluding hydrogens is 485 g/mol. The minimum absolute atomic E-state index is 0.00134. The maximum atomic E-state index is 13.1. The predicted octanol–water partition coefficient (Wildman–Crippen LogP) is 2.70. The van der Waals surface area contributed by atoms with Crippen molar-refractivity contribution in [2.75, 3.05) is 5.32 Å². The lowest BCUT2D eigenvalue weighted by Crippen LogP contribution is -2.61. The Labute approximate surface area is 201 Å². The van der Waals surface area contributed by atoms with Crippen LogP contribution in [0.5, 0.6) is 5.75 Å². The number of piperidine rings is 1. The molecule has 0 aromatic heterocycles. The Morgan fingerprint density at radius 3 is 2.42 bits per heavy atom. The number of urea groups is 1. The summed E-state index contributed by atoms with van der Waals surface area (Å²) in [6.07, 6.45) is -4.61. The van der Waals surface area contributed by atoms with E-state index in [0.717, 1.165) is 24.3 Å². The van der Waals surface area contributed by atoms with Crippen molar-refractivity contribution in [3.05, 3.63) is 59.2 Å². The summed E-state index contributed by atoms with van der Waals surface area (Å²) in [5.74, 6) is -2.78. The van der Waals surface area contributed by atoms with Gasteiger partial charge in [0.2, 0.25) is 5.91 Å². The number of anilines is 1. The molecule has 10 nitrogen and oxygen atoms in total. The largest absolute Gasteiger partial charge is 0.573 e. The summed E-state index contributed by atoms with van der Waals surface area (Å²) in [4.78, 5) is 63.1. The van der Waals surface area contributed by atoms with Gasteiger partial charge in [0.1, 0.15) is 11.3 Å². The number of benzene rings is 2. The molecule has 0 aliphatic carbocycles. The highest BCUT2D eigenvalue weighted by molar-refractivity contribution is 6.11. The van der Waals surface area contributed by atoms with Crippen LogP contribution in [-0.4, -0.2) is 46.5 Å². The number of rotatable bonds is 4. The van der Waals surface area contributed by atoms with E-state index in [1.807, 2.05) is 0 Å². The number of amides is 6. The Hall–Kier alpha value is -4.42. The van der Waals surface area contributed by atoms with Crippen molar-refractivity contribution in [3.63, 3.8) is 0 Å². The maximum Gasteiger partial charge on any atom is 0.573 e. The number of alkyl halides is 3. The molecule has 2 aromatic rings. The van der Waals surface area contributed by atoms with Crippen LogP contribution in [0.1, 0.15) is 46.0 Å². The van der Waals surface area contributed by atoms with E-state index in [2.05, 4.69) is 20.7 Å². The molecule has 36 heavy (non-hydrogen) atoms. The van der Waals surface area contributed by atoms with Crippen molar-refractivity contribution in [3.8, 4) is 5.75 Å². The first-order valence-corrected chi connectivity index (χ1v) is 10.6. The van der Waals surface area contributed by atoms with Crippen LogP contribution in [0, 0.1) is 0 Å². The van der Waals surface area contributed by atoms with E-state index in [1.165, 1.54) is 23.1 Å². The summed E-state index contributed by atoms with van der Waals surface area (Å²) in [5, 5.41) is 6.61. The molecule has 2 aliphatic rings. The molecule has 0 bridgehead atoms. The number of imide groups is 2. The molecular formula is C23H19F3N4O6. The highest BCUT2D eigenvalue weighted by Crippen LogP contribution is 2.34. The number of hydrogen-bond acceptors (Lipinski definition) is 6. The van der Waals surface area contributed by atoms with Gasteiger partial charge in [0.25, 0.3) is 17.7 Å². The van der Waals surface area contributed by atoms with Gasteiger partial charge in [0.15, 0.2) is 0 Å². The van der Waals surface area contributed by atoms with E-state index < -0.39 is 47.3 Å². The maximum absolute atomic E-state index is 13.1. The van der Waals surface area contributed by atoms with E-state index >= 15 is 0 Å². The molecule has 2 aliphatic heterocycles. The first-order chi connectivity index (χ1) is 16.9. The van der Waals surface area contributed by atoms with Gasteiger partial charge in [0.05, 0.1) is 0 Å². The van der Waals surface area contributed by atoms with Gasteiger partial charge < -0.3 is 15.0 Å². The van der Waals surface area contributed by atoms with Gasteiger partial charge in [-0.05, 0) is 55.3 Å².